The molecule has 65 heavy (non-hydrogen) atoms. The molecule has 8 aromatic carbocycles. The molecule has 0 spiro atoms. The Morgan fingerprint density at radius 3 is 2.00 bits per heavy atom. The third-order valence-electron chi connectivity index (χ3n) is 10.8. The number of hydrogen-bond donors (Lipinski definition) is 0. The van der Waals surface area contributed by atoms with Gasteiger partial charge in [-0.15, -0.1) is 29.7 Å². The minimum absolute atomic E-state index is 0. The molecule has 6 heteroatoms. The minimum atomic E-state index is -1.77. The fourth-order valence-electron chi connectivity index (χ4n) is 8.20. The first kappa shape index (κ1) is 29.9. The van der Waals surface area contributed by atoms with E-state index in [1.165, 1.54) is 0 Å². The van der Waals surface area contributed by atoms with Crippen LogP contribution in [0.25, 0.3) is 83.4 Å². The van der Waals surface area contributed by atoms with Crippen molar-refractivity contribution in [1.29, 1.82) is 0 Å². The zero-order valence-corrected chi connectivity index (χ0v) is 37.6. The molecule has 0 fully saturated rings. The van der Waals surface area contributed by atoms with E-state index in [1.54, 1.807) is 63.9 Å². The van der Waals surface area contributed by atoms with E-state index in [4.69, 9.17) is 23.4 Å². The first-order valence-electron chi connectivity index (χ1n) is 26.7. The second-order valence-electron chi connectivity index (χ2n) is 16.2. The molecule has 0 N–H and O–H groups in total. The van der Waals surface area contributed by atoms with Crippen molar-refractivity contribution < 1.29 is 46.8 Å². The summed E-state index contributed by atoms with van der Waals surface area (Å²) in [7, 11) is 0. The van der Waals surface area contributed by atoms with E-state index in [1.807, 2.05) is 110 Å². The standard InChI is InChI=1S/C59H44N4O.Pt/c1-59(2,3)38-44-35-57(60-39-52(44)43-23-11-6-12-24-43)63-53-30-14-13-27-50(53)51-34-33-47(37-56(51)63)64-46-26-17-25-45(36-46)61-40-62(55-32-16-15-31-54(55)61)58-48(41-19-7-4-8-20-41)28-18-29-49(58)42-21-9-5-10-22-42;/h4-35,39H,38H2,1-3H3;/q-2;/i4D,5D,7D,8D,9D,10D,19D,20D,21D,22D,38D2;. The topological polar surface area (TPSA) is 35.9 Å². The Morgan fingerprint density at radius 1 is 0.631 bits per heavy atom. The monoisotopic (exact) mass is 1030 g/mol. The number of aromatic nitrogens is 4. The number of fused-ring (bicyclic) bond motifs is 4. The van der Waals surface area contributed by atoms with Crippen LogP contribution in [0.4, 0.5) is 0 Å². The van der Waals surface area contributed by atoms with E-state index >= 15 is 0 Å². The molecule has 0 atom stereocenters. The van der Waals surface area contributed by atoms with Crippen molar-refractivity contribution in [3.05, 3.63) is 224 Å². The molecule has 11 aromatic rings. The molecule has 0 saturated carbocycles. The van der Waals surface area contributed by atoms with Gasteiger partial charge in [0.05, 0.1) is 30.4 Å². The Balaban J connectivity index is 0.00000672. The molecule has 0 saturated heterocycles. The second-order valence-corrected chi connectivity index (χ2v) is 16.2. The van der Waals surface area contributed by atoms with Crippen LogP contribution < -0.4 is 9.30 Å². The van der Waals surface area contributed by atoms with Gasteiger partial charge in [0.2, 0.25) is 0 Å². The Morgan fingerprint density at radius 2 is 1.28 bits per heavy atom. The summed E-state index contributed by atoms with van der Waals surface area (Å²) in [6, 6.07) is 41.9. The Hall–Kier alpha value is -7.33. The van der Waals surface area contributed by atoms with Gasteiger partial charge in [0.15, 0.2) is 0 Å². The summed E-state index contributed by atoms with van der Waals surface area (Å²) in [5.41, 5.74) is 4.39. The van der Waals surface area contributed by atoms with Crippen LogP contribution in [0.3, 0.4) is 0 Å². The van der Waals surface area contributed by atoms with Crippen molar-refractivity contribution in [2.24, 2.45) is 5.41 Å². The minimum Gasteiger partial charge on any atom is -0.510 e. The van der Waals surface area contributed by atoms with E-state index in [9.17, 15) is 2.74 Å². The van der Waals surface area contributed by atoms with Crippen molar-refractivity contribution in [1.82, 2.24) is 14.1 Å². The molecule has 0 unspecified atom stereocenters. The van der Waals surface area contributed by atoms with E-state index in [2.05, 4.69) is 18.5 Å². The molecule has 0 aliphatic heterocycles. The van der Waals surface area contributed by atoms with Gasteiger partial charge in [0.25, 0.3) is 6.33 Å². The molecule has 0 aliphatic carbocycles. The van der Waals surface area contributed by atoms with Crippen molar-refractivity contribution in [2.45, 2.75) is 27.1 Å². The van der Waals surface area contributed by atoms with E-state index in [0.29, 0.717) is 50.7 Å². The zero-order valence-electron chi connectivity index (χ0n) is 47.3. The van der Waals surface area contributed by atoms with Crippen LogP contribution in [0.15, 0.2) is 200 Å². The van der Waals surface area contributed by atoms with Crippen LogP contribution in [-0.2, 0) is 27.4 Å². The molecule has 5 nitrogen and oxygen atoms in total. The molecule has 3 aromatic heterocycles. The van der Waals surface area contributed by atoms with Gasteiger partial charge in [-0.25, -0.2) is 4.98 Å². The van der Waals surface area contributed by atoms with Gasteiger partial charge in [0.1, 0.15) is 5.82 Å². The quantitative estimate of drug-likeness (QED) is 0.107. The molecular weight excluding hydrogens is 976 g/mol. The molecule has 0 bridgehead atoms. The molecule has 0 amide bonds. The molecule has 0 aliphatic rings. The number of rotatable bonds is 9. The number of benzene rings is 8. The third-order valence-corrected chi connectivity index (χ3v) is 10.8. The summed E-state index contributed by atoms with van der Waals surface area (Å²) in [6.07, 6.45) is 3.36. The van der Waals surface area contributed by atoms with Crippen LogP contribution in [0.2, 0.25) is 0 Å². The second kappa shape index (κ2) is 17.3. The fraction of sp³-hybridized carbons (Fsp3) is 0.0847. The maximum absolute atomic E-state index is 9.48. The summed E-state index contributed by atoms with van der Waals surface area (Å²) in [4.78, 5) is 4.98. The number of pyridine rings is 1. The van der Waals surface area contributed by atoms with Crippen molar-refractivity contribution in [3.8, 4) is 62.1 Å². The van der Waals surface area contributed by atoms with E-state index < -0.39 is 72.2 Å². The van der Waals surface area contributed by atoms with Crippen LogP contribution in [0, 0.1) is 23.9 Å². The average Bonchev–Trinajstić information content (AvgIpc) is 4.02. The van der Waals surface area contributed by atoms with Gasteiger partial charge in [-0.2, -0.15) is 18.2 Å². The molecule has 0 radical (unpaired) electrons. The number of imidazole rings is 1. The summed E-state index contributed by atoms with van der Waals surface area (Å²) < 4.78 is 118. The van der Waals surface area contributed by atoms with E-state index in [0.717, 1.165) is 21.9 Å². The normalized spacial score (nSPS) is 14.4. The largest absolute Gasteiger partial charge is 0.510 e. The zero-order chi connectivity index (χ0) is 53.7. The number of para-hydroxylation sites is 4. The third kappa shape index (κ3) is 7.98. The van der Waals surface area contributed by atoms with Crippen molar-refractivity contribution in [3.63, 3.8) is 0 Å². The van der Waals surface area contributed by atoms with Gasteiger partial charge < -0.3 is 13.9 Å². The molecule has 318 valence electrons. The van der Waals surface area contributed by atoms with Crippen molar-refractivity contribution >= 4 is 32.8 Å². The SMILES string of the molecule is [2H]c1c([2H])c([2H])c(-c2cccc(-c3c([2H])c([2H])c([2H])c([2H])c3[2H])c2-[n+]2[c-]n(-c3[c-]c(Oc4[c-]c5c(cc4)c4ccccc4n5-c4cc(C([2H])([2H])C(C)(C)C)c(-c5ccccc5)cn4)ccc3)c3ccccc32)c([2H])c1[2H].[Pt]. The van der Waals surface area contributed by atoms with E-state index in [-0.39, 0.29) is 49.0 Å². The predicted octanol–water partition coefficient (Wildman–Crippen LogP) is 14.2. The van der Waals surface area contributed by atoms with Crippen molar-refractivity contribution in [2.75, 3.05) is 0 Å². The number of hydrogen-bond acceptors (Lipinski definition) is 2. The first-order valence-corrected chi connectivity index (χ1v) is 20.7. The summed E-state index contributed by atoms with van der Waals surface area (Å²) in [6.45, 7) is 5.66. The molecular formula is C59H44N4OPt-2. The Labute approximate surface area is 411 Å². The van der Waals surface area contributed by atoms with Gasteiger partial charge in [-0.05, 0) is 68.4 Å². The summed E-state index contributed by atoms with van der Waals surface area (Å²) >= 11 is 0. The van der Waals surface area contributed by atoms with Crippen LogP contribution in [0.1, 0.15) is 42.8 Å². The van der Waals surface area contributed by atoms with Gasteiger partial charge in [-0.1, -0.05) is 178 Å². The number of ether oxygens (including phenoxy) is 1. The fourth-order valence-corrected chi connectivity index (χ4v) is 8.20. The average molecular weight is 1030 g/mol. The molecule has 3 heterocycles. The summed E-state index contributed by atoms with van der Waals surface area (Å²) in [5.74, 6) is 1.16. The van der Waals surface area contributed by atoms with Crippen LogP contribution in [-0.4, -0.2) is 14.1 Å². The van der Waals surface area contributed by atoms with Gasteiger partial charge >= 0.3 is 0 Å². The maximum Gasteiger partial charge on any atom is 0.268 e. The van der Waals surface area contributed by atoms with Gasteiger partial charge in [-0.3, -0.25) is 4.57 Å². The smallest absolute Gasteiger partial charge is 0.268 e. The summed E-state index contributed by atoms with van der Waals surface area (Å²) in [5, 5.41) is 1.81. The number of nitrogens with zero attached hydrogens (tertiary/aromatic N) is 4. The maximum atomic E-state index is 9.48. The van der Waals surface area contributed by atoms with Gasteiger partial charge in [0, 0.05) is 52.6 Å². The first-order chi connectivity index (χ1) is 36.3. The Kier molecular flexibility index (Phi) is 7.98. The molecule has 11 rings (SSSR count). The predicted molar refractivity (Wildman–Crippen MR) is 259 cm³/mol. The Bertz CT molecular complexity index is 4050. The van der Waals surface area contributed by atoms with Crippen LogP contribution in [0.5, 0.6) is 11.5 Å². The van der Waals surface area contributed by atoms with Crippen LogP contribution >= 0.6 is 0 Å².